The molecule has 0 aromatic heterocycles. The van der Waals surface area contributed by atoms with Crippen molar-refractivity contribution in [2.75, 3.05) is 53.4 Å². The Kier molecular flexibility index (Phi) is 7.67. The molecule has 122 valence electrons. The lowest BCUT2D eigenvalue weighted by Crippen LogP contribution is -2.48. The number of carbonyl (C=O) groups is 2. The first-order valence-corrected chi connectivity index (χ1v) is 7.91. The van der Waals surface area contributed by atoms with E-state index in [0.29, 0.717) is 19.1 Å². The Bertz CT molecular complexity index is 335. The number of piperidine rings is 1. The van der Waals surface area contributed by atoms with Crippen molar-refractivity contribution in [3.05, 3.63) is 0 Å². The fourth-order valence-electron chi connectivity index (χ4n) is 2.55. The van der Waals surface area contributed by atoms with Gasteiger partial charge in [-0.2, -0.15) is 0 Å². The van der Waals surface area contributed by atoms with Crippen LogP contribution >= 0.6 is 0 Å². The normalized spacial score (nSPS) is 16.8. The summed E-state index contributed by atoms with van der Waals surface area (Å²) in [6, 6.07) is 0.384. The molecule has 0 bridgehead atoms. The predicted octanol–water partition coefficient (Wildman–Crippen LogP) is -0.00300. The van der Waals surface area contributed by atoms with E-state index in [1.165, 1.54) is 0 Å². The zero-order valence-corrected chi connectivity index (χ0v) is 13.9. The second-order valence-electron chi connectivity index (χ2n) is 5.79. The summed E-state index contributed by atoms with van der Waals surface area (Å²) in [5.41, 5.74) is 0. The minimum atomic E-state index is 0.151. The average Bonchev–Trinajstić information content (AvgIpc) is 2.47. The van der Waals surface area contributed by atoms with Crippen LogP contribution in [0, 0.1) is 0 Å². The Balaban J connectivity index is 2.24. The number of rotatable bonds is 7. The molecule has 1 N–H and O–H groups in total. The summed E-state index contributed by atoms with van der Waals surface area (Å²) >= 11 is 0. The second kappa shape index (κ2) is 9.00. The molecule has 1 fully saturated rings. The average molecular weight is 298 g/mol. The molecule has 21 heavy (non-hydrogen) atoms. The van der Waals surface area contributed by atoms with Gasteiger partial charge in [0.2, 0.25) is 11.8 Å². The zero-order chi connectivity index (χ0) is 15.8. The van der Waals surface area contributed by atoms with Gasteiger partial charge in [0.1, 0.15) is 0 Å². The van der Waals surface area contributed by atoms with Crippen molar-refractivity contribution in [2.24, 2.45) is 0 Å². The molecule has 0 saturated carbocycles. The maximum atomic E-state index is 11.9. The Morgan fingerprint density at radius 2 is 1.67 bits per heavy atom. The third-order valence-corrected chi connectivity index (χ3v) is 4.10. The summed E-state index contributed by atoms with van der Waals surface area (Å²) in [5, 5.41) is 3.35. The van der Waals surface area contributed by atoms with Gasteiger partial charge >= 0.3 is 0 Å². The van der Waals surface area contributed by atoms with E-state index in [0.717, 1.165) is 39.0 Å². The Morgan fingerprint density at radius 1 is 1.10 bits per heavy atom. The molecule has 0 atom stereocenters. The highest BCUT2D eigenvalue weighted by atomic mass is 16.2. The van der Waals surface area contributed by atoms with Crippen molar-refractivity contribution >= 4 is 11.8 Å². The Morgan fingerprint density at radius 3 is 2.14 bits per heavy atom. The van der Waals surface area contributed by atoms with Crippen LogP contribution in [0.25, 0.3) is 0 Å². The van der Waals surface area contributed by atoms with Gasteiger partial charge in [-0.25, -0.2) is 0 Å². The van der Waals surface area contributed by atoms with Gasteiger partial charge < -0.3 is 15.1 Å². The molecule has 1 heterocycles. The summed E-state index contributed by atoms with van der Waals surface area (Å²) in [5.74, 6) is 0.323. The van der Waals surface area contributed by atoms with Crippen molar-refractivity contribution in [1.82, 2.24) is 20.0 Å². The van der Waals surface area contributed by atoms with E-state index in [2.05, 4.69) is 10.2 Å². The molecule has 6 heteroatoms. The first-order valence-electron chi connectivity index (χ1n) is 7.91. The molecule has 6 nitrogen and oxygen atoms in total. The molecule has 1 rings (SSSR count). The number of likely N-dealkylation sites (N-methyl/N-ethyl adjacent to an activating group) is 2. The Hall–Kier alpha value is -1.14. The number of carbonyl (C=O) groups excluding carboxylic acids is 2. The van der Waals surface area contributed by atoms with E-state index in [1.807, 2.05) is 18.7 Å². The van der Waals surface area contributed by atoms with Crippen LogP contribution < -0.4 is 5.32 Å². The summed E-state index contributed by atoms with van der Waals surface area (Å²) < 4.78 is 0. The number of nitrogens with zero attached hydrogens (tertiary/aromatic N) is 3. The standard InChI is InChI=1S/C15H30N4O2/c1-5-19(6-2)14(20)11-16-13-7-9-18(10-8-13)12-15(21)17(3)4/h13,16H,5-12H2,1-4H3. The van der Waals surface area contributed by atoms with Gasteiger partial charge in [0, 0.05) is 46.3 Å². The summed E-state index contributed by atoms with van der Waals surface area (Å²) in [4.78, 5) is 29.3. The van der Waals surface area contributed by atoms with Crippen LogP contribution in [0.2, 0.25) is 0 Å². The van der Waals surface area contributed by atoms with E-state index < -0.39 is 0 Å². The first kappa shape index (κ1) is 17.9. The van der Waals surface area contributed by atoms with E-state index in [4.69, 9.17) is 0 Å². The minimum Gasteiger partial charge on any atom is -0.348 e. The summed E-state index contributed by atoms with van der Waals surface area (Å²) in [6.45, 7) is 8.28. The van der Waals surface area contributed by atoms with Gasteiger partial charge in [0.05, 0.1) is 13.1 Å². The van der Waals surface area contributed by atoms with Crippen molar-refractivity contribution in [3.63, 3.8) is 0 Å². The van der Waals surface area contributed by atoms with Gasteiger partial charge in [-0.15, -0.1) is 0 Å². The van der Waals surface area contributed by atoms with Crippen LogP contribution in [0.4, 0.5) is 0 Å². The largest absolute Gasteiger partial charge is 0.348 e. The first-order chi connectivity index (χ1) is 9.97. The molecule has 1 saturated heterocycles. The fourth-order valence-corrected chi connectivity index (χ4v) is 2.55. The lowest BCUT2D eigenvalue weighted by atomic mass is 10.1. The van der Waals surface area contributed by atoms with Crippen LogP contribution in [0.1, 0.15) is 26.7 Å². The van der Waals surface area contributed by atoms with Crippen LogP contribution in [0.5, 0.6) is 0 Å². The van der Waals surface area contributed by atoms with Crippen molar-refractivity contribution < 1.29 is 9.59 Å². The van der Waals surface area contributed by atoms with Gasteiger partial charge in [-0.05, 0) is 26.7 Å². The maximum Gasteiger partial charge on any atom is 0.236 e. The molecule has 0 aliphatic carbocycles. The number of likely N-dealkylation sites (tertiary alicyclic amines) is 1. The SMILES string of the molecule is CCN(CC)C(=O)CNC1CCN(CC(=O)N(C)C)CC1. The minimum absolute atomic E-state index is 0.151. The molecule has 0 aromatic rings. The molecule has 0 radical (unpaired) electrons. The molecule has 2 amide bonds. The van der Waals surface area contributed by atoms with E-state index >= 15 is 0 Å². The lowest BCUT2D eigenvalue weighted by Gasteiger charge is -2.32. The van der Waals surface area contributed by atoms with E-state index in [9.17, 15) is 9.59 Å². The van der Waals surface area contributed by atoms with Crippen molar-refractivity contribution in [1.29, 1.82) is 0 Å². The van der Waals surface area contributed by atoms with E-state index in [-0.39, 0.29) is 11.8 Å². The van der Waals surface area contributed by atoms with E-state index in [1.54, 1.807) is 19.0 Å². The van der Waals surface area contributed by atoms with Crippen LogP contribution in [0.3, 0.4) is 0 Å². The fraction of sp³-hybridized carbons (Fsp3) is 0.867. The summed E-state index contributed by atoms with van der Waals surface area (Å²) in [7, 11) is 3.57. The third-order valence-electron chi connectivity index (χ3n) is 4.10. The maximum absolute atomic E-state index is 11.9. The summed E-state index contributed by atoms with van der Waals surface area (Å²) in [6.07, 6.45) is 1.98. The monoisotopic (exact) mass is 298 g/mol. The third kappa shape index (κ3) is 6.01. The quantitative estimate of drug-likeness (QED) is 0.719. The van der Waals surface area contributed by atoms with Gasteiger partial charge in [-0.1, -0.05) is 0 Å². The number of amides is 2. The number of hydrogen-bond acceptors (Lipinski definition) is 4. The highest BCUT2D eigenvalue weighted by Crippen LogP contribution is 2.10. The smallest absolute Gasteiger partial charge is 0.236 e. The van der Waals surface area contributed by atoms with Crippen LogP contribution in [-0.4, -0.2) is 85.9 Å². The second-order valence-corrected chi connectivity index (χ2v) is 5.79. The molecule has 1 aliphatic rings. The molecule has 0 unspecified atom stereocenters. The number of nitrogens with one attached hydrogen (secondary N) is 1. The Labute approximate surface area is 128 Å². The van der Waals surface area contributed by atoms with Crippen molar-refractivity contribution in [3.8, 4) is 0 Å². The molecular weight excluding hydrogens is 268 g/mol. The van der Waals surface area contributed by atoms with Crippen molar-refractivity contribution in [2.45, 2.75) is 32.7 Å². The highest BCUT2D eigenvalue weighted by Gasteiger charge is 2.22. The molecule has 0 spiro atoms. The van der Waals surface area contributed by atoms with Crippen LogP contribution in [0.15, 0.2) is 0 Å². The number of hydrogen-bond donors (Lipinski definition) is 1. The highest BCUT2D eigenvalue weighted by molar-refractivity contribution is 5.78. The zero-order valence-electron chi connectivity index (χ0n) is 13.9. The topological polar surface area (TPSA) is 55.9 Å². The van der Waals surface area contributed by atoms with Gasteiger partial charge in [-0.3, -0.25) is 14.5 Å². The van der Waals surface area contributed by atoms with Gasteiger partial charge in [0.25, 0.3) is 0 Å². The molecular formula is C15H30N4O2. The van der Waals surface area contributed by atoms with Gasteiger partial charge in [0.15, 0.2) is 0 Å². The lowest BCUT2D eigenvalue weighted by molar-refractivity contribution is -0.130. The van der Waals surface area contributed by atoms with Crippen LogP contribution in [-0.2, 0) is 9.59 Å². The predicted molar refractivity (Wildman–Crippen MR) is 84.1 cm³/mol. The molecule has 0 aromatic carbocycles. The molecule has 1 aliphatic heterocycles.